The molecule has 1 unspecified atom stereocenters. The van der Waals surface area contributed by atoms with Crippen molar-refractivity contribution < 1.29 is 9.53 Å². The summed E-state index contributed by atoms with van der Waals surface area (Å²) in [6.07, 6.45) is -0.348. The molecule has 1 aromatic carbocycles. The molecule has 0 N–H and O–H groups in total. The standard InChI is InChI=1S/C17H22O2SSe/c1-5-19-15(17(3,4)16(18)20-6-2)12-13-21-14-10-8-7-9-11-14/h7-11,15H,5-6H2,1-4H3. The molecule has 0 aromatic heterocycles. The molecule has 0 saturated heterocycles. The van der Waals surface area contributed by atoms with E-state index < -0.39 is 5.41 Å². The first-order chi connectivity index (χ1) is 10.0. The summed E-state index contributed by atoms with van der Waals surface area (Å²) in [5, 5.41) is 0.143. The zero-order chi connectivity index (χ0) is 15.7. The summed E-state index contributed by atoms with van der Waals surface area (Å²) in [5.41, 5.74) is -0.587. The van der Waals surface area contributed by atoms with Crippen molar-refractivity contribution in [2.75, 3.05) is 12.4 Å². The summed E-state index contributed by atoms with van der Waals surface area (Å²) in [6, 6.07) is 10.2. The summed E-state index contributed by atoms with van der Waals surface area (Å²) >= 11 is 1.43. The molecule has 1 aromatic rings. The molecule has 0 saturated carbocycles. The van der Waals surface area contributed by atoms with Crippen molar-refractivity contribution in [2.45, 2.75) is 33.8 Å². The van der Waals surface area contributed by atoms with Gasteiger partial charge >= 0.3 is 138 Å². The SMILES string of the molecule is CCOC(C#C[Se]c1ccccc1)C(C)(C)C(=O)SCC. The Hall–Kier alpha value is -0.721. The minimum absolute atomic E-state index is 0.0909. The van der Waals surface area contributed by atoms with Crippen LogP contribution in [0.2, 0.25) is 0 Å². The van der Waals surface area contributed by atoms with E-state index in [0.29, 0.717) is 6.61 Å². The summed E-state index contributed by atoms with van der Waals surface area (Å²) < 4.78 is 6.95. The molecule has 0 amide bonds. The Labute approximate surface area is 138 Å². The van der Waals surface area contributed by atoms with Crippen molar-refractivity contribution in [3.63, 3.8) is 0 Å². The molecule has 114 valence electrons. The molecule has 0 spiro atoms. The number of carbonyl (C=O) groups excluding carboxylic acids is 1. The Kier molecular flexibility index (Phi) is 8.14. The average molecular weight is 369 g/mol. The minimum atomic E-state index is -0.587. The number of rotatable bonds is 6. The van der Waals surface area contributed by atoms with Gasteiger partial charge in [-0.3, -0.25) is 0 Å². The van der Waals surface area contributed by atoms with Gasteiger partial charge in [-0.15, -0.1) is 0 Å². The third-order valence-corrected chi connectivity index (χ3v) is 5.50. The Morgan fingerprint density at radius 3 is 2.57 bits per heavy atom. The third kappa shape index (κ3) is 5.88. The van der Waals surface area contributed by atoms with Crippen LogP contribution in [0.25, 0.3) is 0 Å². The number of thioether (sulfide) groups is 1. The first-order valence-corrected chi connectivity index (χ1v) is 9.73. The van der Waals surface area contributed by atoms with Crippen LogP contribution >= 0.6 is 11.8 Å². The van der Waals surface area contributed by atoms with E-state index in [0.717, 1.165) is 5.75 Å². The van der Waals surface area contributed by atoms with Gasteiger partial charge in [0.1, 0.15) is 0 Å². The molecular weight excluding hydrogens is 347 g/mol. The molecule has 0 fully saturated rings. The molecule has 0 heterocycles. The normalized spacial score (nSPS) is 12.4. The van der Waals surface area contributed by atoms with Crippen LogP contribution in [-0.2, 0) is 9.53 Å². The van der Waals surface area contributed by atoms with Gasteiger partial charge in [0, 0.05) is 0 Å². The molecule has 0 bridgehead atoms. The van der Waals surface area contributed by atoms with E-state index in [1.165, 1.54) is 16.2 Å². The van der Waals surface area contributed by atoms with Crippen LogP contribution < -0.4 is 4.46 Å². The van der Waals surface area contributed by atoms with Crippen molar-refractivity contribution in [1.29, 1.82) is 0 Å². The number of carbonyl (C=O) groups is 1. The van der Waals surface area contributed by atoms with Crippen molar-refractivity contribution in [3.05, 3.63) is 30.3 Å². The van der Waals surface area contributed by atoms with Crippen LogP contribution in [0.5, 0.6) is 0 Å². The fourth-order valence-corrected chi connectivity index (χ4v) is 3.60. The molecule has 4 heteroatoms. The first-order valence-electron chi connectivity index (χ1n) is 7.03. The number of ether oxygens (including phenoxy) is 1. The van der Waals surface area contributed by atoms with Gasteiger partial charge in [0.15, 0.2) is 0 Å². The zero-order valence-corrected chi connectivity index (χ0v) is 15.5. The van der Waals surface area contributed by atoms with Crippen LogP contribution in [-0.4, -0.2) is 38.5 Å². The Morgan fingerprint density at radius 2 is 2.00 bits per heavy atom. The second-order valence-corrected chi connectivity index (χ2v) is 8.02. The Bertz CT molecular complexity index is 503. The number of hydrogen-bond acceptors (Lipinski definition) is 3. The van der Waals surface area contributed by atoms with E-state index in [4.69, 9.17) is 4.74 Å². The second-order valence-electron chi connectivity index (χ2n) is 4.94. The number of hydrogen-bond donors (Lipinski definition) is 0. The van der Waals surface area contributed by atoms with E-state index in [1.807, 2.05) is 45.9 Å². The van der Waals surface area contributed by atoms with E-state index in [2.05, 4.69) is 22.9 Å². The number of benzene rings is 1. The quantitative estimate of drug-likeness (QED) is 0.570. The molecule has 1 atom stereocenters. The van der Waals surface area contributed by atoms with Crippen LogP contribution in [0.1, 0.15) is 27.7 Å². The van der Waals surface area contributed by atoms with E-state index in [9.17, 15) is 4.79 Å². The van der Waals surface area contributed by atoms with Gasteiger partial charge < -0.3 is 0 Å². The zero-order valence-electron chi connectivity index (χ0n) is 13.0. The summed E-state index contributed by atoms with van der Waals surface area (Å²) in [7, 11) is 0. The van der Waals surface area contributed by atoms with E-state index in [1.54, 1.807) is 0 Å². The summed E-state index contributed by atoms with van der Waals surface area (Å²) in [6.45, 7) is 8.32. The van der Waals surface area contributed by atoms with E-state index in [-0.39, 0.29) is 26.2 Å². The molecule has 1 rings (SSSR count). The van der Waals surface area contributed by atoms with Gasteiger partial charge in [-0.25, -0.2) is 0 Å². The fraction of sp³-hybridized carbons (Fsp3) is 0.471. The molecule has 0 aliphatic rings. The maximum atomic E-state index is 12.2. The maximum absolute atomic E-state index is 12.2. The van der Waals surface area contributed by atoms with Gasteiger partial charge in [0.25, 0.3) is 0 Å². The van der Waals surface area contributed by atoms with Gasteiger partial charge in [-0.1, -0.05) is 0 Å². The van der Waals surface area contributed by atoms with Crippen molar-refractivity contribution >= 4 is 36.3 Å². The van der Waals surface area contributed by atoms with Gasteiger partial charge in [-0.05, 0) is 0 Å². The third-order valence-electron chi connectivity index (χ3n) is 2.89. The van der Waals surface area contributed by atoms with Gasteiger partial charge in [0.2, 0.25) is 0 Å². The molecule has 0 aliphatic heterocycles. The molecule has 2 nitrogen and oxygen atoms in total. The van der Waals surface area contributed by atoms with Gasteiger partial charge in [-0.2, -0.15) is 0 Å². The second kappa shape index (κ2) is 9.33. The van der Waals surface area contributed by atoms with Crippen LogP contribution in [0.15, 0.2) is 30.3 Å². The summed E-state index contributed by atoms with van der Waals surface area (Å²) in [5.74, 6) is 3.95. The van der Waals surface area contributed by atoms with Crippen LogP contribution in [0.3, 0.4) is 0 Å². The monoisotopic (exact) mass is 370 g/mol. The van der Waals surface area contributed by atoms with Crippen LogP contribution in [0.4, 0.5) is 0 Å². The predicted octanol–water partition coefficient (Wildman–Crippen LogP) is 2.69. The van der Waals surface area contributed by atoms with Crippen molar-refractivity contribution in [1.82, 2.24) is 0 Å². The van der Waals surface area contributed by atoms with Crippen LogP contribution in [0, 0.1) is 16.2 Å². The van der Waals surface area contributed by atoms with E-state index >= 15 is 0 Å². The Balaban J connectivity index is 2.80. The molecule has 0 radical (unpaired) electrons. The Morgan fingerprint density at radius 1 is 1.33 bits per heavy atom. The summed E-state index contributed by atoms with van der Waals surface area (Å²) in [4.78, 5) is 15.5. The first kappa shape index (κ1) is 18.3. The molecule has 0 aliphatic carbocycles. The molecular formula is C17H22O2SSe. The van der Waals surface area contributed by atoms with Gasteiger partial charge in [0.05, 0.1) is 0 Å². The fourth-order valence-electron chi connectivity index (χ4n) is 1.65. The molecule has 21 heavy (non-hydrogen) atoms. The van der Waals surface area contributed by atoms with Crippen molar-refractivity contribution in [3.8, 4) is 10.7 Å². The van der Waals surface area contributed by atoms with Crippen molar-refractivity contribution in [2.24, 2.45) is 5.41 Å². The average Bonchev–Trinajstić information content (AvgIpc) is 2.47. The topological polar surface area (TPSA) is 26.3 Å². The predicted molar refractivity (Wildman–Crippen MR) is 91.9 cm³/mol.